The molecule has 0 amide bonds. The summed E-state index contributed by atoms with van der Waals surface area (Å²) >= 11 is 0. The molecule has 0 radical (unpaired) electrons. The first-order valence-corrected chi connectivity index (χ1v) is 21.8. The summed E-state index contributed by atoms with van der Waals surface area (Å²) < 4.78 is 0. The molecule has 4 aliphatic rings. The third-order valence-corrected chi connectivity index (χ3v) is 13.5. The predicted octanol–water partition coefficient (Wildman–Crippen LogP) is 11.8. The second-order valence-electron chi connectivity index (χ2n) is 17.7. The van der Waals surface area contributed by atoms with E-state index in [4.69, 9.17) is 15.3 Å². The highest BCUT2D eigenvalue weighted by Gasteiger charge is 2.57. The van der Waals surface area contributed by atoms with Crippen molar-refractivity contribution in [3.05, 3.63) is 190 Å². The van der Waals surface area contributed by atoms with Crippen molar-refractivity contribution in [3.63, 3.8) is 0 Å². The lowest BCUT2D eigenvalue weighted by Crippen LogP contribution is -2.53. The van der Waals surface area contributed by atoms with E-state index in [0.717, 1.165) is 19.3 Å². The Morgan fingerprint density at radius 1 is 0.600 bits per heavy atom. The number of rotatable bonds is 7. The van der Waals surface area contributed by atoms with Gasteiger partial charge in [0.15, 0.2) is 11.6 Å². The summed E-state index contributed by atoms with van der Waals surface area (Å²) in [6.07, 6.45) is 11.2. The molecule has 4 atom stereocenters. The van der Waals surface area contributed by atoms with E-state index < -0.39 is 29.3 Å². The molecule has 5 aromatic rings. The van der Waals surface area contributed by atoms with Crippen LogP contribution in [0, 0.1) is 28.6 Å². The molecule has 4 N–H and O–H groups in total. The highest BCUT2D eigenvalue weighted by atomic mass is 16.4. The zero-order chi connectivity index (χ0) is 47.1. The number of carbonyl (C=O) groups excluding carboxylic acids is 2. The minimum absolute atomic E-state index is 0.0984. The molecule has 1 fully saturated rings. The molecular formula is C55H54O10. The fourth-order valence-corrected chi connectivity index (χ4v) is 9.96. The van der Waals surface area contributed by atoms with Crippen LogP contribution in [-0.4, -0.2) is 55.9 Å². The van der Waals surface area contributed by atoms with Crippen LogP contribution >= 0.6 is 0 Å². The van der Waals surface area contributed by atoms with E-state index in [0.29, 0.717) is 50.8 Å². The molecule has 0 saturated heterocycles. The van der Waals surface area contributed by atoms with Crippen molar-refractivity contribution in [1.82, 2.24) is 0 Å². The summed E-state index contributed by atoms with van der Waals surface area (Å²) in [6.45, 7) is 8.93. The molecule has 4 aliphatic carbocycles. The van der Waals surface area contributed by atoms with Gasteiger partial charge in [0.25, 0.3) is 0 Å². The first kappa shape index (κ1) is 47.3. The highest BCUT2D eigenvalue weighted by molar-refractivity contribution is 6.24. The van der Waals surface area contributed by atoms with Crippen LogP contribution < -0.4 is 0 Å². The lowest BCUT2D eigenvalue weighted by atomic mass is 9.47. The SMILES string of the molecule is CC(C)C1=CC2=CCC3C(C)(C(=O)O)CCCC3(C)C2CC1.O=C(O)c1ccc(C(=O)c2ccccc2)cc1.O=C(O)c1cccc2c1-c1ccccc1C2=O.O=C(O)c1ccccc1. The van der Waals surface area contributed by atoms with E-state index in [2.05, 4.69) is 32.9 Å². The van der Waals surface area contributed by atoms with Crippen molar-refractivity contribution >= 4 is 35.4 Å². The molecule has 0 bridgehead atoms. The Morgan fingerprint density at radius 2 is 1.12 bits per heavy atom. The van der Waals surface area contributed by atoms with E-state index in [1.54, 1.807) is 96.6 Å². The average molecular weight is 875 g/mol. The van der Waals surface area contributed by atoms with Crippen molar-refractivity contribution in [2.75, 3.05) is 0 Å². The summed E-state index contributed by atoms with van der Waals surface area (Å²) in [4.78, 5) is 68.0. The minimum Gasteiger partial charge on any atom is -0.481 e. The number of hydrogen-bond donors (Lipinski definition) is 4. The lowest BCUT2D eigenvalue weighted by Gasteiger charge is -2.57. The Bertz CT molecular complexity index is 2660. The zero-order valence-corrected chi connectivity index (χ0v) is 37.0. The van der Waals surface area contributed by atoms with Crippen molar-refractivity contribution in [3.8, 4) is 11.1 Å². The number of carboxylic acid groups (broad SMARTS) is 4. The zero-order valence-electron chi connectivity index (χ0n) is 37.0. The molecule has 0 heterocycles. The van der Waals surface area contributed by atoms with Gasteiger partial charge in [-0.05, 0) is 104 Å². The predicted molar refractivity (Wildman–Crippen MR) is 248 cm³/mol. The number of carboxylic acids is 4. The van der Waals surface area contributed by atoms with Gasteiger partial charge in [-0.15, -0.1) is 0 Å². The summed E-state index contributed by atoms with van der Waals surface area (Å²) in [5.41, 5.74) is 6.77. The monoisotopic (exact) mass is 874 g/mol. The Kier molecular flexibility index (Phi) is 14.6. The number of aromatic carboxylic acids is 3. The van der Waals surface area contributed by atoms with Gasteiger partial charge < -0.3 is 20.4 Å². The van der Waals surface area contributed by atoms with Crippen LogP contribution in [0.15, 0.2) is 151 Å². The van der Waals surface area contributed by atoms with Gasteiger partial charge in [0.1, 0.15) is 0 Å². The molecular weight excluding hydrogens is 821 g/mol. The van der Waals surface area contributed by atoms with Crippen molar-refractivity contribution in [2.45, 2.75) is 66.2 Å². The third-order valence-electron chi connectivity index (χ3n) is 13.5. The van der Waals surface area contributed by atoms with Gasteiger partial charge in [-0.25, -0.2) is 14.4 Å². The highest BCUT2D eigenvalue weighted by Crippen LogP contribution is 2.62. The number of allylic oxidation sites excluding steroid dienone is 4. The molecule has 1 saturated carbocycles. The first-order chi connectivity index (χ1) is 31.0. The van der Waals surface area contributed by atoms with Gasteiger partial charge in [-0.1, -0.05) is 142 Å². The van der Waals surface area contributed by atoms with E-state index in [1.165, 1.54) is 55.2 Å². The molecule has 10 heteroatoms. The number of ketones is 2. The molecule has 334 valence electrons. The molecule has 9 rings (SSSR count). The smallest absolute Gasteiger partial charge is 0.336 e. The standard InChI is InChI=1S/C20H30O2.C14H8O3.C14H10O3.C7H6O2/c1-13(2)14-6-8-16-15(12-14)7-9-17-19(16,3)10-5-11-20(17,4)18(21)22;15-13-9-5-2-1-4-8(9)12-10(13)6-3-7-11(12)14(16)17;15-13(10-4-2-1-3-5-10)11-6-8-12(9-7-11)14(16)17;8-7(9)6-4-2-1-3-5-6/h7,12-13,16-17H,5-6,8-11H2,1-4H3,(H,21,22);1-7H,(H,16,17);1-9H,(H,16,17);1-5H,(H,8,9). The fraction of sp³-hybridized carbons (Fsp3) is 0.273. The molecule has 5 aromatic carbocycles. The van der Waals surface area contributed by atoms with Gasteiger partial charge in [-0.2, -0.15) is 0 Å². The lowest BCUT2D eigenvalue weighted by molar-refractivity contribution is -0.162. The van der Waals surface area contributed by atoms with Crippen molar-refractivity contribution in [1.29, 1.82) is 0 Å². The van der Waals surface area contributed by atoms with Crippen LogP contribution in [0.4, 0.5) is 0 Å². The van der Waals surface area contributed by atoms with Gasteiger partial charge in [-0.3, -0.25) is 14.4 Å². The van der Waals surface area contributed by atoms with E-state index >= 15 is 0 Å². The van der Waals surface area contributed by atoms with Crippen LogP contribution in [0.5, 0.6) is 0 Å². The average Bonchev–Trinajstić information content (AvgIpc) is 3.60. The summed E-state index contributed by atoms with van der Waals surface area (Å²) in [6, 6.07) is 35.0. The molecule has 0 aromatic heterocycles. The van der Waals surface area contributed by atoms with E-state index in [-0.39, 0.29) is 34.0 Å². The van der Waals surface area contributed by atoms with Crippen LogP contribution in [0.2, 0.25) is 0 Å². The molecule has 10 nitrogen and oxygen atoms in total. The maximum Gasteiger partial charge on any atom is 0.336 e. The number of aliphatic carboxylic acids is 1. The van der Waals surface area contributed by atoms with Gasteiger partial charge in [0.05, 0.1) is 22.1 Å². The molecule has 65 heavy (non-hydrogen) atoms. The Morgan fingerprint density at radius 3 is 1.68 bits per heavy atom. The Labute approximate surface area is 379 Å². The summed E-state index contributed by atoms with van der Waals surface area (Å²) in [5, 5.41) is 36.1. The van der Waals surface area contributed by atoms with Crippen molar-refractivity contribution in [2.24, 2.45) is 28.6 Å². The molecule has 4 unspecified atom stereocenters. The van der Waals surface area contributed by atoms with E-state index in [9.17, 15) is 33.9 Å². The Balaban J connectivity index is 0.000000149. The number of carbonyl (C=O) groups is 6. The maximum absolute atomic E-state index is 12.1. The van der Waals surface area contributed by atoms with Crippen LogP contribution in [0.3, 0.4) is 0 Å². The van der Waals surface area contributed by atoms with Crippen LogP contribution in [0.1, 0.15) is 129 Å². The number of hydrogen-bond acceptors (Lipinski definition) is 6. The summed E-state index contributed by atoms with van der Waals surface area (Å²) in [7, 11) is 0. The molecule has 0 spiro atoms. The second kappa shape index (κ2) is 20.1. The maximum atomic E-state index is 12.1. The topological polar surface area (TPSA) is 183 Å². The third kappa shape index (κ3) is 10.1. The quantitative estimate of drug-likeness (QED) is 0.113. The summed E-state index contributed by atoms with van der Waals surface area (Å²) in [5.74, 6) is -2.20. The first-order valence-electron chi connectivity index (χ1n) is 21.8. The van der Waals surface area contributed by atoms with Gasteiger partial charge >= 0.3 is 23.9 Å². The number of benzene rings is 5. The van der Waals surface area contributed by atoms with E-state index in [1.807, 2.05) is 13.0 Å². The normalized spacial score (nSPS) is 21.0. The largest absolute Gasteiger partial charge is 0.481 e. The van der Waals surface area contributed by atoms with Gasteiger partial charge in [0, 0.05) is 27.8 Å². The minimum atomic E-state index is -1.01. The Hall–Kier alpha value is -7.20. The fourth-order valence-electron chi connectivity index (χ4n) is 9.96. The van der Waals surface area contributed by atoms with Crippen LogP contribution in [0.25, 0.3) is 11.1 Å². The molecule has 0 aliphatic heterocycles. The second-order valence-corrected chi connectivity index (χ2v) is 17.7. The van der Waals surface area contributed by atoms with Crippen molar-refractivity contribution < 1.29 is 49.2 Å². The number of fused-ring (bicyclic) bond motifs is 6. The van der Waals surface area contributed by atoms with Gasteiger partial charge in [0.2, 0.25) is 0 Å². The van der Waals surface area contributed by atoms with Crippen LogP contribution in [-0.2, 0) is 4.79 Å².